The van der Waals surface area contributed by atoms with Gasteiger partial charge in [-0.15, -0.1) is 22.9 Å². The van der Waals surface area contributed by atoms with Gasteiger partial charge in [0.15, 0.2) is 0 Å². The molecule has 1 aromatic heterocycles. The van der Waals surface area contributed by atoms with Gasteiger partial charge in [-0.2, -0.15) is 0 Å². The molecule has 31 heavy (non-hydrogen) atoms. The minimum absolute atomic E-state index is 0.0445. The molecule has 0 aliphatic carbocycles. The molecule has 1 unspecified atom stereocenters. The number of halogens is 1. The maximum atomic E-state index is 13.5. The van der Waals surface area contributed by atoms with Gasteiger partial charge in [0.2, 0.25) is 11.8 Å². The molecule has 2 aromatic rings. The third-order valence-corrected chi connectivity index (χ3v) is 7.12. The Morgan fingerprint density at radius 3 is 2.29 bits per heavy atom. The van der Waals surface area contributed by atoms with Crippen molar-refractivity contribution in [1.29, 1.82) is 0 Å². The molecule has 1 atom stereocenters. The van der Waals surface area contributed by atoms with Crippen LogP contribution in [0.25, 0.3) is 0 Å². The predicted octanol–water partition coefficient (Wildman–Crippen LogP) is 5.73. The van der Waals surface area contributed by atoms with E-state index < -0.39 is 5.41 Å². The lowest BCUT2D eigenvalue weighted by atomic mass is 9.93. The number of benzene rings is 1. The minimum atomic E-state index is -0.704. The SMILES string of the molecule is CCC(C)CN(CC(=O)N(Cc1ccccc1)Cc1ccc(C)s1)C(=O)C(C)(C)CCl. The number of carbonyl (C=O) groups is 2. The van der Waals surface area contributed by atoms with Crippen LogP contribution in [0, 0.1) is 18.3 Å². The highest BCUT2D eigenvalue weighted by atomic mass is 35.5. The fourth-order valence-electron chi connectivity index (χ4n) is 3.27. The summed E-state index contributed by atoms with van der Waals surface area (Å²) < 4.78 is 0. The van der Waals surface area contributed by atoms with E-state index in [1.165, 1.54) is 4.88 Å². The lowest BCUT2D eigenvalue weighted by Crippen LogP contribution is -2.48. The van der Waals surface area contributed by atoms with Crippen molar-refractivity contribution in [3.05, 3.63) is 57.8 Å². The van der Waals surface area contributed by atoms with E-state index in [2.05, 4.69) is 32.9 Å². The zero-order valence-electron chi connectivity index (χ0n) is 19.4. The summed E-state index contributed by atoms with van der Waals surface area (Å²) in [6, 6.07) is 14.1. The van der Waals surface area contributed by atoms with E-state index >= 15 is 0 Å². The van der Waals surface area contributed by atoms with Crippen LogP contribution < -0.4 is 0 Å². The molecule has 0 fully saturated rings. The first-order valence-electron chi connectivity index (χ1n) is 10.9. The minimum Gasteiger partial charge on any atom is -0.333 e. The van der Waals surface area contributed by atoms with Gasteiger partial charge in [0, 0.05) is 28.7 Å². The topological polar surface area (TPSA) is 40.6 Å². The van der Waals surface area contributed by atoms with Gasteiger partial charge >= 0.3 is 0 Å². The normalized spacial score (nSPS) is 12.5. The van der Waals surface area contributed by atoms with Crippen LogP contribution in [0.1, 0.15) is 49.4 Å². The number of hydrogen-bond acceptors (Lipinski definition) is 3. The molecule has 2 amide bonds. The van der Waals surface area contributed by atoms with E-state index in [9.17, 15) is 9.59 Å². The number of carbonyl (C=O) groups excluding carboxylic acids is 2. The monoisotopic (exact) mass is 462 g/mol. The molecule has 1 aromatic carbocycles. The molecular formula is C25H35ClN2O2S. The number of amides is 2. The van der Waals surface area contributed by atoms with Crippen molar-refractivity contribution in [2.75, 3.05) is 19.0 Å². The van der Waals surface area contributed by atoms with E-state index in [1.807, 2.05) is 49.1 Å². The van der Waals surface area contributed by atoms with E-state index in [4.69, 9.17) is 11.6 Å². The van der Waals surface area contributed by atoms with Gasteiger partial charge in [0.25, 0.3) is 0 Å². The van der Waals surface area contributed by atoms with Crippen molar-refractivity contribution in [3.63, 3.8) is 0 Å². The zero-order chi connectivity index (χ0) is 23.0. The Labute approximate surface area is 196 Å². The number of aryl methyl sites for hydroxylation is 1. The van der Waals surface area contributed by atoms with Crippen LogP contribution in [0.3, 0.4) is 0 Å². The summed E-state index contributed by atoms with van der Waals surface area (Å²) in [5, 5.41) is 0. The summed E-state index contributed by atoms with van der Waals surface area (Å²) in [6.45, 7) is 11.6. The molecule has 0 spiro atoms. The largest absolute Gasteiger partial charge is 0.333 e. The summed E-state index contributed by atoms with van der Waals surface area (Å²) in [5.41, 5.74) is 0.370. The molecule has 0 saturated heterocycles. The van der Waals surface area contributed by atoms with Crippen LogP contribution in [0.5, 0.6) is 0 Å². The summed E-state index contributed by atoms with van der Waals surface area (Å²) >= 11 is 7.78. The van der Waals surface area contributed by atoms with Gasteiger partial charge in [-0.05, 0) is 44.4 Å². The van der Waals surface area contributed by atoms with E-state index in [0.717, 1.165) is 16.9 Å². The Balaban J connectivity index is 2.25. The Hall–Kier alpha value is -1.85. The standard InChI is InChI=1S/C25H35ClN2O2S/c1-6-19(2)14-28(24(30)25(4,5)18-26)17-23(29)27(15-21-10-8-7-9-11-21)16-22-13-12-20(3)31-22/h7-13,19H,6,14-18H2,1-5H3. The van der Waals surface area contributed by atoms with Crippen LogP contribution in [-0.2, 0) is 22.7 Å². The highest BCUT2D eigenvalue weighted by Gasteiger charge is 2.33. The third kappa shape index (κ3) is 7.65. The number of hydrogen-bond donors (Lipinski definition) is 0. The average Bonchev–Trinajstić information content (AvgIpc) is 3.17. The Bertz CT molecular complexity index is 850. The third-order valence-electron chi connectivity index (χ3n) is 5.47. The molecule has 170 valence electrons. The second kappa shape index (κ2) is 11.7. The van der Waals surface area contributed by atoms with Gasteiger partial charge in [-0.3, -0.25) is 9.59 Å². The summed E-state index contributed by atoms with van der Waals surface area (Å²) in [4.78, 5) is 32.6. The van der Waals surface area contributed by atoms with Crippen molar-refractivity contribution >= 4 is 34.8 Å². The van der Waals surface area contributed by atoms with Crippen molar-refractivity contribution < 1.29 is 9.59 Å². The van der Waals surface area contributed by atoms with Crippen LogP contribution in [0.15, 0.2) is 42.5 Å². The van der Waals surface area contributed by atoms with Crippen molar-refractivity contribution in [2.24, 2.45) is 11.3 Å². The lowest BCUT2D eigenvalue weighted by molar-refractivity contribution is -0.146. The Morgan fingerprint density at radius 2 is 1.74 bits per heavy atom. The molecule has 0 bridgehead atoms. The number of rotatable bonds is 11. The molecule has 0 aliphatic heterocycles. The summed E-state index contributed by atoms with van der Waals surface area (Å²) in [5.74, 6) is 0.421. The maximum Gasteiger partial charge on any atom is 0.242 e. The van der Waals surface area contributed by atoms with Crippen LogP contribution in [-0.4, -0.2) is 40.6 Å². The molecule has 2 rings (SSSR count). The highest BCUT2D eigenvalue weighted by molar-refractivity contribution is 7.11. The van der Waals surface area contributed by atoms with Gasteiger partial charge in [-0.1, -0.05) is 50.6 Å². The fraction of sp³-hybridized carbons (Fsp3) is 0.520. The smallest absolute Gasteiger partial charge is 0.242 e. The molecule has 0 radical (unpaired) electrons. The van der Waals surface area contributed by atoms with Gasteiger partial charge < -0.3 is 9.80 Å². The van der Waals surface area contributed by atoms with Crippen LogP contribution in [0.2, 0.25) is 0 Å². The van der Waals surface area contributed by atoms with Crippen molar-refractivity contribution in [3.8, 4) is 0 Å². The second-order valence-electron chi connectivity index (χ2n) is 8.96. The Kier molecular flexibility index (Phi) is 9.57. The van der Waals surface area contributed by atoms with Crippen molar-refractivity contribution in [2.45, 2.75) is 54.1 Å². The first kappa shape index (κ1) is 25.4. The summed E-state index contributed by atoms with van der Waals surface area (Å²) in [6.07, 6.45) is 0.946. The van der Waals surface area contributed by atoms with Gasteiger partial charge in [-0.25, -0.2) is 0 Å². The summed E-state index contributed by atoms with van der Waals surface area (Å²) in [7, 11) is 0. The van der Waals surface area contributed by atoms with Crippen LogP contribution in [0.4, 0.5) is 0 Å². The molecule has 0 aliphatic rings. The Morgan fingerprint density at radius 1 is 1.06 bits per heavy atom. The van der Waals surface area contributed by atoms with Gasteiger partial charge in [0.05, 0.1) is 18.5 Å². The zero-order valence-corrected chi connectivity index (χ0v) is 20.9. The molecule has 0 saturated carbocycles. The van der Waals surface area contributed by atoms with Crippen LogP contribution >= 0.6 is 22.9 Å². The maximum absolute atomic E-state index is 13.5. The van der Waals surface area contributed by atoms with Gasteiger partial charge in [0.1, 0.15) is 0 Å². The highest BCUT2D eigenvalue weighted by Crippen LogP contribution is 2.23. The second-order valence-corrected chi connectivity index (χ2v) is 10.6. The molecular weight excluding hydrogens is 428 g/mol. The fourth-order valence-corrected chi connectivity index (χ4v) is 4.29. The quantitative estimate of drug-likeness (QED) is 0.400. The van der Waals surface area contributed by atoms with Crippen molar-refractivity contribution in [1.82, 2.24) is 9.80 Å². The lowest BCUT2D eigenvalue weighted by Gasteiger charge is -2.33. The number of alkyl halides is 1. The first-order valence-corrected chi connectivity index (χ1v) is 12.2. The van der Waals surface area contributed by atoms with E-state index in [-0.39, 0.29) is 24.2 Å². The van der Waals surface area contributed by atoms with E-state index in [0.29, 0.717) is 25.6 Å². The molecule has 4 nitrogen and oxygen atoms in total. The molecule has 6 heteroatoms. The average molecular weight is 463 g/mol. The molecule has 1 heterocycles. The first-order chi connectivity index (χ1) is 14.7. The number of nitrogens with zero attached hydrogens (tertiary/aromatic N) is 2. The predicted molar refractivity (Wildman–Crippen MR) is 130 cm³/mol. The van der Waals surface area contributed by atoms with E-state index in [1.54, 1.807) is 16.2 Å². The molecule has 0 N–H and O–H groups in total. The number of thiophene rings is 1.